The Morgan fingerprint density at radius 1 is 1.20 bits per heavy atom. The highest BCUT2D eigenvalue weighted by molar-refractivity contribution is 5.79. The van der Waals surface area contributed by atoms with Gasteiger partial charge in [0.25, 0.3) is 0 Å². The summed E-state index contributed by atoms with van der Waals surface area (Å²) in [4.78, 5) is 8.27. The lowest BCUT2D eigenvalue weighted by atomic mass is 9.97. The second-order valence-electron chi connectivity index (χ2n) is 8.31. The molecule has 0 radical (unpaired) electrons. The monoisotopic (exact) mass is 412 g/mol. The van der Waals surface area contributed by atoms with Gasteiger partial charge in [-0.2, -0.15) is 0 Å². The number of halogens is 1. The van der Waals surface area contributed by atoms with E-state index in [1.54, 1.807) is 11.5 Å². The summed E-state index contributed by atoms with van der Waals surface area (Å²) in [5, 5.41) is 25.2. The topological polar surface area (TPSA) is 92.4 Å². The summed E-state index contributed by atoms with van der Waals surface area (Å²) in [5.74, 6) is 0.295. The smallest absolute Gasteiger partial charge is 0.152 e. The Kier molecular flexibility index (Phi) is 4.72. The van der Waals surface area contributed by atoms with E-state index in [-0.39, 0.29) is 0 Å². The standard InChI is InChI=1S/C22H25FN4O3/c1-11-5-13-3-4-24-8-14(13)17(6-11)30-18-7-16(20(28)21(18)29)27-9-15(23)19-12(2)25-10-26-22(19)27/h5-6,9-10,16,18,20-21,24,28-29H,3-4,7-8H2,1-2H3/t16-,18+,20+,21-/m1/s1. The van der Waals surface area contributed by atoms with Crippen molar-refractivity contribution in [3.8, 4) is 5.75 Å². The van der Waals surface area contributed by atoms with Crippen LogP contribution >= 0.6 is 0 Å². The number of hydrogen-bond acceptors (Lipinski definition) is 6. The Labute approximate surface area is 173 Å². The van der Waals surface area contributed by atoms with Crippen LogP contribution in [0.15, 0.2) is 24.7 Å². The minimum Gasteiger partial charge on any atom is -0.487 e. The lowest BCUT2D eigenvalue weighted by Gasteiger charge is -2.25. The summed E-state index contributed by atoms with van der Waals surface area (Å²) < 4.78 is 22.4. The molecule has 1 aromatic carbocycles. The van der Waals surface area contributed by atoms with E-state index in [4.69, 9.17) is 4.74 Å². The van der Waals surface area contributed by atoms with Crippen molar-refractivity contribution in [3.63, 3.8) is 0 Å². The van der Waals surface area contributed by atoms with Crippen LogP contribution in [0, 0.1) is 19.7 Å². The van der Waals surface area contributed by atoms with Crippen LogP contribution < -0.4 is 10.1 Å². The van der Waals surface area contributed by atoms with Crippen molar-refractivity contribution in [2.24, 2.45) is 0 Å². The second-order valence-corrected chi connectivity index (χ2v) is 8.31. The third kappa shape index (κ3) is 3.07. The molecule has 0 spiro atoms. The predicted molar refractivity (Wildman–Crippen MR) is 109 cm³/mol. The minimum atomic E-state index is -1.10. The number of hydrogen-bond donors (Lipinski definition) is 3. The molecule has 5 rings (SSSR count). The van der Waals surface area contributed by atoms with Crippen LogP contribution in [-0.2, 0) is 13.0 Å². The van der Waals surface area contributed by atoms with Crippen molar-refractivity contribution in [3.05, 3.63) is 52.9 Å². The molecule has 3 heterocycles. The normalized spacial score (nSPS) is 26.2. The highest BCUT2D eigenvalue weighted by Gasteiger charge is 2.45. The lowest BCUT2D eigenvalue weighted by Crippen LogP contribution is -2.35. The zero-order valence-corrected chi connectivity index (χ0v) is 17.0. The third-order valence-electron chi connectivity index (χ3n) is 6.31. The maximum atomic E-state index is 14.5. The van der Waals surface area contributed by atoms with Crippen LogP contribution in [-0.4, -0.2) is 49.6 Å². The number of nitrogens with one attached hydrogen (secondary N) is 1. The highest BCUT2D eigenvalue weighted by Crippen LogP contribution is 2.38. The molecule has 30 heavy (non-hydrogen) atoms. The molecule has 3 aromatic rings. The quantitative estimate of drug-likeness (QED) is 0.609. The first-order valence-corrected chi connectivity index (χ1v) is 10.3. The van der Waals surface area contributed by atoms with Crippen molar-refractivity contribution >= 4 is 11.0 Å². The molecule has 8 heteroatoms. The van der Waals surface area contributed by atoms with Gasteiger partial charge in [-0.25, -0.2) is 14.4 Å². The number of ether oxygens (including phenoxy) is 1. The Hall–Kier alpha value is -2.55. The molecule has 0 unspecified atom stereocenters. The number of fused-ring (bicyclic) bond motifs is 2. The molecule has 0 saturated heterocycles. The number of aromatic nitrogens is 3. The SMILES string of the molecule is Cc1cc2c(c(O[C@H]3C[C@@H](n4cc(F)c5c(C)ncnc54)[C@H](O)[C@@H]3O)c1)CNCC2. The lowest BCUT2D eigenvalue weighted by molar-refractivity contribution is -0.0167. The van der Waals surface area contributed by atoms with E-state index in [1.165, 1.54) is 18.1 Å². The zero-order valence-electron chi connectivity index (χ0n) is 17.0. The molecule has 3 N–H and O–H groups in total. The molecule has 1 saturated carbocycles. The molecule has 1 aliphatic carbocycles. The number of benzene rings is 1. The zero-order chi connectivity index (χ0) is 21.0. The predicted octanol–water partition coefficient (Wildman–Crippen LogP) is 1.95. The maximum absolute atomic E-state index is 14.5. The molecule has 4 atom stereocenters. The number of aliphatic hydroxyl groups is 2. The molecule has 2 aromatic heterocycles. The van der Waals surface area contributed by atoms with E-state index in [0.717, 1.165) is 29.8 Å². The summed E-state index contributed by atoms with van der Waals surface area (Å²) >= 11 is 0. The van der Waals surface area contributed by atoms with Gasteiger partial charge in [0.15, 0.2) is 5.82 Å². The van der Waals surface area contributed by atoms with Gasteiger partial charge in [-0.05, 0) is 44.0 Å². The van der Waals surface area contributed by atoms with E-state index in [2.05, 4.69) is 21.4 Å². The van der Waals surface area contributed by atoms with Gasteiger partial charge in [-0.3, -0.25) is 0 Å². The van der Waals surface area contributed by atoms with Gasteiger partial charge >= 0.3 is 0 Å². The van der Waals surface area contributed by atoms with Gasteiger partial charge in [0.1, 0.15) is 36.0 Å². The van der Waals surface area contributed by atoms with Crippen molar-refractivity contribution in [2.45, 2.75) is 57.6 Å². The molecular weight excluding hydrogens is 387 g/mol. The average Bonchev–Trinajstić information content (AvgIpc) is 3.20. The Balaban J connectivity index is 1.47. The highest BCUT2D eigenvalue weighted by atomic mass is 19.1. The maximum Gasteiger partial charge on any atom is 0.152 e. The Morgan fingerprint density at radius 3 is 2.87 bits per heavy atom. The summed E-state index contributed by atoms with van der Waals surface area (Å²) in [6.07, 6.45) is 1.18. The number of aryl methyl sites for hydroxylation is 2. The summed E-state index contributed by atoms with van der Waals surface area (Å²) in [6.45, 7) is 5.38. The van der Waals surface area contributed by atoms with Gasteiger partial charge < -0.3 is 24.8 Å². The van der Waals surface area contributed by atoms with Crippen LogP contribution in [0.5, 0.6) is 5.75 Å². The molecule has 0 bridgehead atoms. The number of aliphatic hydroxyl groups excluding tert-OH is 2. The first-order valence-electron chi connectivity index (χ1n) is 10.3. The fourth-order valence-corrected chi connectivity index (χ4v) is 4.78. The fraction of sp³-hybridized carbons (Fsp3) is 0.455. The van der Waals surface area contributed by atoms with Crippen molar-refractivity contribution in [1.82, 2.24) is 19.9 Å². The first kappa shape index (κ1) is 19.4. The molecule has 1 fully saturated rings. The average molecular weight is 412 g/mol. The summed E-state index contributed by atoms with van der Waals surface area (Å²) in [5.41, 5.74) is 4.39. The Bertz CT molecular complexity index is 1120. The van der Waals surface area contributed by atoms with Crippen LogP contribution in [0.2, 0.25) is 0 Å². The van der Waals surface area contributed by atoms with Crippen molar-refractivity contribution < 1.29 is 19.3 Å². The number of rotatable bonds is 3. The third-order valence-corrected chi connectivity index (χ3v) is 6.31. The van der Waals surface area contributed by atoms with E-state index in [0.29, 0.717) is 29.7 Å². The van der Waals surface area contributed by atoms with Crippen LogP contribution in [0.4, 0.5) is 4.39 Å². The van der Waals surface area contributed by atoms with Crippen LogP contribution in [0.25, 0.3) is 11.0 Å². The van der Waals surface area contributed by atoms with Crippen LogP contribution in [0.1, 0.15) is 34.8 Å². The van der Waals surface area contributed by atoms with Gasteiger partial charge in [-0.15, -0.1) is 0 Å². The van der Waals surface area contributed by atoms with Gasteiger partial charge in [-0.1, -0.05) is 6.07 Å². The summed E-state index contributed by atoms with van der Waals surface area (Å²) in [6, 6.07) is 3.59. The van der Waals surface area contributed by atoms with Crippen molar-refractivity contribution in [1.29, 1.82) is 0 Å². The first-order chi connectivity index (χ1) is 14.4. The van der Waals surface area contributed by atoms with E-state index in [1.807, 2.05) is 13.0 Å². The fourth-order valence-electron chi connectivity index (χ4n) is 4.78. The van der Waals surface area contributed by atoms with E-state index < -0.39 is 30.2 Å². The van der Waals surface area contributed by atoms with Crippen LogP contribution in [0.3, 0.4) is 0 Å². The second kappa shape index (κ2) is 7.30. The van der Waals surface area contributed by atoms with Crippen molar-refractivity contribution in [2.75, 3.05) is 6.54 Å². The van der Waals surface area contributed by atoms with Gasteiger partial charge in [0.2, 0.25) is 0 Å². The van der Waals surface area contributed by atoms with Gasteiger partial charge in [0, 0.05) is 24.7 Å². The molecular formula is C22H25FN4O3. The van der Waals surface area contributed by atoms with E-state index in [9.17, 15) is 14.6 Å². The molecule has 7 nitrogen and oxygen atoms in total. The number of nitrogens with zero attached hydrogens (tertiary/aromatic N) is 3. The minimum absolute atomic E-state index is 0.336. The molecule has 0 amide bonds. The molecule has 2 aliphatic rings. The molecule has 158 valence electrons. The van der Waals surface area contributed by atoms with Gasteiger partial charge in [0.05, 0.1) is 17.1 Å². The Morgan fingerprint density at radius 2 is 2.03 bits per heavy atom. The molecule has 1 aliphatic heterocycles. The van der Waals surface area contributed by atoms with E-state index >= 15 is 0 Å². The summed E-state index contributed by atoms with van der Waals surface area (Å²) in [7, 11) is 0. The largest absolute Gasteiger partial charge is 0.487 e.